The van der Waals surface area contributed by atoms with Gasteiger partial charge in [-0.05, 0) is 60.7 Å². The van der Waals surface area contributed by atoms with Crippen molar-refractivity contribution in [1.29, 1.82) is 0 Å². The van der Waals surface area contributed by atoms with Gasteiger partial charge >= 0.3 is 5.97 Å². The maximum absolute atomic E-state index is 11.9. The first-order chi connectivity index (χ1) is 14.1. The van der Waals surface area contributed by atoms with E-state index in [4.69, 9.17) is 14.2 Å². The number of benzene rings is 2. The largest absolute Gasteiger partial charge is 0.493 e. The van der Waals surface area contributed by atoms with Crippen molar-refractivity contribution in [2.75, 3.05) is 13.7 Å². The number of nitrogens with one attached hydrogen (secondary N) is 1. The van der Waals surface area contributed by atoms with Gasteiger partial charge in [0.2, 0.25) is 0 Å². The molecule has 0 aliphatic heterocycles. The lowest BCUT2D eigenvalue weighted by Crippen LogP contribution is -2.24. The standard InChI is InChI=1S/C22H24N2O5/c1-3-15-4-9-18(10-5-15)28-14-21(25)24-23-13-16-6-11-19(20(12-16)27-2)29-22(26)17-7-8-17/h4-6,9-13,17H,3,7-8,14H2,1-2H3,(H,24,25)/b23-13-. The summed E-state index contributed by atoms with van der Waals surface area (Å²) >= 11 is 0. The van der Waals surface area contributed by atoms with Gasteiger partial charge in [-0.25, -0.2) is 5.43 Å². The van der Waals surface area contributed by atoms with Crippen LogP contribution in [0.4, 0.5) is 0 Å². The quantitative estimate of drug-likeness (QED) is 0.305. The Kier molecular flexibility index (Phi) is 6.84. The average Bonchev–Trinajstić information content (AvgIpc) is 3.59. The summed E-state index contributed by atoms with van der Waals surface area (Å²) in [5.74, 6) is 0.815. The average molecular weight is 396 g/mol. The Morgan fingerprint density at radius 1 is 1.14 bits per heavy atom. The molecule has 152 valence electrons. The molecule has 1 N–H and O–H groups in total. The topological polar surface area (TPSA) is 86.2 Å². The van der Waals surface area contributed by atoms with Gasteiger partial charge in [-0.2, -0.15) is 5.10 Å². The summed E-state index contributed by atoms with van der Waals surface area (Å²) in [6, 6.07) is 12.6. The number of esters is 1. The van der Waals surface area contributed by atoms with Crippen molar-refractivity contribution in [1.82, 2.24) is 5.43 Å². The normalized spacial score (nSPS) is 13.2. The van der Waals surface area contributed by atoms with Gasteiger partial charge in [0.15, 0.2) is 18.1 Å². The molecule has 0 saturated heterocycles. The molecule has 2 aromatic rings. The number of ether oxygens (including phenoxy) is 3. The molecule has 29 heavy (non-hydrogen) atoms. The van der Waals surface area contributed by atoms with Crippen LogP contribution in [0.25, 0.3) is 0 Å². The van der Waals surface area contributed by atoms with E-state index < -0.39 is 0 Å². The lowest BCUT2D eigenvalue weighted by Gasteiger charge is -2.09. The fourth-order valence-electron chi connectivity index (χ4n) is 2.54. The first kappa shape index (κ1) is 20.4. The van der Waals surface area contributed by atoms with Crippen molar-refractivity contribution >= 4 is 18.1 Å². The summed E-state index contributed by atoms with van der Waals surface area (Å²) < 4.78 is 16.1. The number of amides is 1. The number of carbonyl (C=O) groups is 2. The summed E-state index contributed by atoms with van der Waals surface area (Å²) in [5.41, 5.74) is 4.30. The minimum absolute atomic E-state index is 0.00274. The lowest BCUT2D eigenvalue weighted by atomic mass is 10.2. The molecule has 1 amide bonds. The second-order valence-electron chi connectivity index (χ2n) is 6.69. The molecule has 0 spiro atoms. The summed E-state index contributed by atoms with van der Waals surface area (Å²) in [7, 11) is 1.50. The molecule has 0 aromatic heterocycles. The predicted molar refractivity (Wildman–Crippen MR) is 108 cm³/mol. The monoisotopic (exact) mass is 396 g/mol. The van der Waals surface area contributed by atoms with E-state index >= 15 is 0 Å². The summed E-state index contributed by atoms with van der Waals surface area (Å²) in [4.78, 5) is 23.7. The maximum Gasteiger partial charge on any atom is 0.314 e. The molecule has 0 heterocycles. The van der Waals surface area contributed by atoms with Gasteiger partial charge in [0.1, 0.15) is 5.75 Å². The molecule has 7 heteroatoms. The van der Waals surface area contributed by atoms with Crippen LogP contribution < -0.4 is 19.6 Å². The van der Waals surface area contributed by atoms with Crippen molar-refractivity contribution in [2.45, 2.75) is 26.2 Å². The van der Waals surface area contributed by atoms with Gasteiger partial charge in [0.25, 0.3) is 5.91 Å². The highest BCUT2D eigenvalue weighted by Gasteiger charge is 2.32. The van der Waals surface area contributed by atoms with Gasteiger partial charge in [-0.3, -0.25) is 9.59 Å². The highest BCUT2D eigenvalue weighted by atomic mass is 16.6. The van der Waals surface area contributed by atoms with Crippen LogP contribution in [0.3, 0.4) is 0 Å². The molecule has 0 radical (unpaired) electrons. The number of hydrogen-bond acceptors (Lipinski definition) is 6. The first-order valence-corrected chi connectivity index (χ1v) is 9.52. The van der Waals surface area contributed by atoms with Crippen LogP contribution in [0.1, 0.15) is 30.9 Å². The van der Waals surface area contributed by atoms with Crippen molar-refractivity contribution in [3.05, 3.63) is 53.6 Å². The molecular weight excluding hydrogens is 372 g/mol. The fraction of sp³-hybridized carbons (Fsp3) is 0.318. The Labute approximate surface area is 169 Å². The third kappa shape index (κ3) is 6.07. The van der Waals surface area contributed by atoms with Gasteiger partial charge in [0.05, 0.1) is 19.2 Å². The van der Waals surface area contributed by atoms with E-state index in [9.17, 15) is 9.59 Å². The van der Waals surface area contributed by atoms with E-state index in [2.05, 4.69) is 17.5 Å². The maximum atomic E-state index is 11.9. The van der Waals surface area contributed by atoms with Crippen molar-refractivity contribution in [2.24, 2.45) is 11.0 Å². The summed E-state index contributed by atoms with van der Waals surface area (Å²) in [6.07, 6.45) is 4.17. The molecule has 1 fully saturated rings. The third-order valence-electron chi connectivity index (χ3n) is 4.41. The van der Waals surface area contributed by atoms with Gasteiger partial charge in [-0.15, -0.1) is 0 Å². The van der Waals surface area contributed by atoms with E-state index in [0.717, 1.165) is 19.3 Å². The zero-order valence-corrected chi connectivity index (χ0v) is 16.5. The Morgan fingerprint density at radius 3 is 2.55 bits per heavy atom. The van der Waals surface area contributed by atoms with Crippen molar-refractivity contribution in [3.63, 3.8) is 0 Å². The molecule has 3 rings (SSSR count). The Balaban J connectivity index is 1.49. The number of hydrazone groups is 1. The smallest absolute Gasteiger partial charge is 0.314 e. The van der Waals surface area contributed by atoms with Crippen LogP contribution in [0.5, 0.6) is 17.2 Å². The zero-order chi connectivity index (χ0) is 20.6. The molecule has 1 saturated carbocycles. The number of nitrogens with zero attached hydrogens (tertiary/aromatic N) is 1. The fourth-order valence-corrected chi connectivity index (χ4v) is 2.54. The molecule has 0 unspecified atom stereocenters. The minimum Gasteiger partial charge on any atom is -0.493 e. The molecule has 7 nitrogen and oxygen atoms in total. The predicted octanol–water partition coefficient (Wildman–Crippen LogP) is 3.10. The second-order valence-corrected chi connectivity index (χ2v) is 6.69. The SMILES string of the molecule is CCc1ccc(OCC(=O)N/N=C\c2ccc(OC(=O)C3CC3)c(OC)c2)cc1. The highest BCUT2D eigenvalue weighted by Crippen LogP contribution is 2.34. The number of hydrogen-bond donors (Lipinski definition) is 1. The van der Waals surface area contributed by atoms with E-state index in [1.807, 2.05) is 24.3 Å². The van der Waals surface area contributed by atoms with Crippen LogP contribution in [0.15, 0.2) is 47.6 Å². The van der Waals surface area contributed by atoms with Crippen molar-refractivity contribution < 1.29 is 23.8 Å². The highest BCUT2D eigenvalue weighted by molar-refractivity contribution is 5.84. The van der Waals surface area contributed by atoms with Gasteiger partial charge in [0, 0.05) is 0 Å². The third-order valence-corrected chi connectivity index (χ3v) is 4.41. The molecule has 0 bridgehead atoms. The number of carbonyl (C=O) groups excluding carboxylic acids is 2. The zero-order valence-electron chi connectivity index (χ0n) is 16.5. The molecule has 0 atom stereocenters. The van der Waals surface area contributed by atoms with Gasteiger partial charge in [-0.1, -0.05) is 19.1 Å². The molecule has 2 aromatic carbocycles. The van der Waals surface area contributed by atoms with Crippen LogP contribution in [-0.4, -0.2) is 31.8 Å². The molecular formula is C22H24N2O5. The van der Waals surface area contributed by atoms with Gasteiger partial charge < -0.3 is 14.2 Å². The minimum atomic E-state index is -0.372. The lowest BCUT2D eigenvalue weighted by molar-refractivity contribution is -0.135. The first-order valence-electron chi connectivity index (χ1n) is 9.52. The summed E-state index contributed by atoms with van der Waals surface area (Å²) in [5, 5.41) is 3.92. The van der Waals surface area contributed by atoms with E-state index in [-0.39, 0.29) is 24.4 Å². The number of methoxy groups -OCH3 is 1. The Hall–Kier alpha value is -3.35. The van der Waals surface area contributed by atoms with E-state index in [1.54, 1.807) is 18.2 Å². The Morgan fingerprint density at radius 2 is 1.90 bits per heavy atom. The van der Waals surface area contributed by atoms with Crippen LogP contribution in [0.2, 0.25) is 0 Å². The number of rotatable bonds is 9. The second kappa shape index (κ2) is 9.73. The van der Waals surface area contributed by atoms with E-state index in [0.29, 0.717) is 22.8 Å². The molecule has 1 aliphatic rings. The number of aryl methyl sites for hydroxylation is 1. The summed E-state index contributed by atoms with van der Waals surface area (Å²) in [6.45, 7) is 1.94. The Bertz CT molecular complexity index is 889. The van der Waals surface area contributed by atoms with Crippen LogP contribution in [0, 0.1) is 5.92 Å². The van der Waals surface area contributed by atoms with E-state index in [1.165, 1.54) is 18.9 Å². The van der Waals surface area contributed by atoms with Crippen molar-refractivity contribution in [3.8, 4) is 17.2 Å². The molecule has 1 aliphatic carbocycles. The van der Waals surface area contributed by atoms with Crippen LogP contribution in [-0.2, 0) is 16.0 Å². The van der Waals surface area contributed by atoms with Crippen LogP contribution >= 0.6 is 0 Å².